The van der Waals surface area contributed by atoms with Crippen molar-refractivity contribution in [2.45, 2.75) is 168 Å². The first kappa shape index (κ1) is 40.3. The molecule has 0 atom stereocenters. The van der Waals surface area contributed by atoms with E-state index in [-0.39, 0.29) is 0 Å². The van der Waals surface area contributed by atoms with E-state index in [4.69, 9.17) is 18.9 Å². The Balaban J connectivity index is 0.000000251. The van der Waals surface area contributed by atoms with Crippen LogP contribution in [0.3, 0.4) is 0 Å². The summed E-state index contributed by atoms with van der Waals surface area (Å²) in [7, 11) is 1.74. The molecule has 0 aromatic carbocycles. The van der Waals surface area contributed by atoms with Crippen LogP contribution >= 0.6 is 0 Å². The van der Waals surface area contributed by atoms with Crippen molar-refractivity contribution in [3.05, 3.63) is 0 Å². The highest BCUT2D eigenvalue weighted by Crippen LogP contribution is 2.39. The predicted octanol–water partition coefficient (Wildman–Crippen LogP) is 11.7. The zero-order valence-electron chi connectivity index (χ0n) is 31.5. The minimum Gasteiger partial charge on any atom is -0.382 e. The average molecular weight is 649 g/mol. The van der Waals surface area contributed by atoms with Gasteiger partial charge in [-0.2, -0.15) is 0 Å². The van der Waals surface area contributed by atoms with Gasteiger partial charge in [0.05, 0.1) is 26.4 Å². The summed E-state index contributed by atoms with van der Waals surface area (Å²) in [5.41, 5.74) is 0. The van der Waals surface area contributed by atoms with Crippen molar-refractivity contribution in [1.82, 2.24) is 0 Å². The fourth-order valence-electron chi connectivity index (χ4n) is 9.37. The molecule has 4 fully saturated rings. The predicted molar refractivity (Wildman–Crippen MR) is 195 cm³/mol. The second kappa shape index (κ2) is 25.8. The van der Waals surface area contributed by atoms with Gasteiger partial charge in [-0.1, -0.05) is 136 Å². The SMILES string of the molecule is CCC1CCC(CCC2CCC(COCCOC)CC2)CC1.CCCC1CCC(CCC2CCC(COCCOCC)CC2)CC1. The summed E-state index contributed by atoms with van der Waals surface area (Å²) < 4.78 is 21.8. The molecule has 0 radical (unpaired) electrons. The maximum absolute atomic E-state index is 5.77. The molecule has 4 aliphatic rings. The van der Waals surface area contributed by atoms with Crippen LogP contribution in [0.1, 0.15) is 168 Å². The molecule has 4 saturated carbocycles. The van der Waals surface area contributed by atoms with Crippen molar-refractivity contribution in [3.8, 4) is 0 Å². The largest absolute Gasteiger partial charge is 0.382 e. The number of methoxy groups -OCH3 is 1. The molecule has 0 unspecified atom stereocenters. The first-order chi connectivity index (χ1) is 22.6. The van der Waals surface area contributed by atoms with Crippen molar-refractivity contribution in [2.75, 3.05) is 53.4 Å². The van der Waals surface area contributed by atoms with Crippen molar-refractivity contribution in [2.24, 2.45) is 47.3 Å². The zero-order chi connectivity index (χ0) is 32.7. The summed E-state index contributed by atoms with van der Waals surface area (Å²) in [5, 5.41) is 0. The van der Waals surface area contributed by atoms with E-state index in [0.717, 1.165) is 93.6 Å². The van der Waals surface area contributed by atoms with Crippen LogP contribution in [0.15, 0.2) is 0 Å². The Morgan fingerprint density at radius 2 is 0.696 bits per heavy atom. The Labute approximate surface area is 287 Å². The van der Waals surface area contributed by atoms with Gasteiger partial charge in [0.1, 0.15) is 0 Å². The highest BCUT2D eigenvalue weighted by atomic mass is 16.5. The van der Waals surface area contributed by atoms with Gasteiger partial charge in [-0.05, 0) is 80.0 Å². The molecule has 272 valence electrons. The van der Waals surface area contributed by atoms with Crippen LogP contribution in [0, 0.1) is 47.3 Å². The van der Waals surface area contributed by atoms with Crippen molar-refractivity contribution in [3.63, 3.8) is 0 Å². The Hall–Kier alpha value is -0.160. The molecular weight excluding hydrogens is 568 g/mol. The molecular formula is C42H80O4. The van der Waals surface area contributed by atoms with E-state index in [1.54, 1.807) is 7.11 Å². The monoisotopic (exact) mass is 649 g/mol. The molecule has 0 spiro atoms. The molecule has 0 aromatic rings. The summed E-state index contributed by atoms with van der Waals surface area (Å²) in [6, 6.07) is 0. The third-order valence-electron chi connectivity index (χ3n) is 12.8. The van der Waals surface area contributed by atoms with E-state index in [1.807, 2.05) is 6.92 Å². The minimum absolute atomic E-state index is 0.732. The third-order valence-corrected chi connectivity index (χ3v) is 12.8. The van der Waals surface area contributed by atoms with E-state index >= 15 is 0 Å². The molecule has 4 heteroatoms. The van der Waals surface area contributed by atoms with Crippen LogP contribution in [0.4, 0.5) is 0 Å². The maximum atomic E-state index is 5.77. The molecule has 0 aliphatic heterocycles. The van der Waals surface area contributed by atoms with Crippen LogP contribution in [0.5, 0.6) is 0 Å². The molecule has 4 aliphatic carbocycles. The fraction of sp³-hybridized carbons (Fsp3) is 1.00. The van der Waals surface area contributed by atoms with Gasteiger partial charge in [-0.3, -0.25) is 0 Å². The van der Waals surface area contributed by atoms with Crippen molar-refractivity contribution < 1.29 is 18.9 Å². The van der Waals surface area contributed by atoms with Gasteiger partial charge in [0.25, 0.3) is 0 Å². The van der Waals surface area contributed by atoms with Crippen LogP contribution in [0.2, 0.25) is 0 Å². The zero-order valence-corrected chi connectivity index (χ0v) is 31.5. The first-order valence-corrected chi connectivity index (χ1v) is 20.8. The lowest BCUT2D eigenvalue weighted by Crippen LogP contribution is -2.21. The highest BCUT2D eigenvalue weighted by Gasteiger charge is 2.26. The molecule has 0 saturated heterocycles. The van der Waals surface area contributed by atoms with E-state index in [1.165, 1.54) is 148 Å². The summed E-state index contributed by atoms with van der Waals surface area (Å²) in [4.78, 5) is 0. The Morgan fingerprint density at radius 3 is 1.04 bits per heavy atom. The molecule has 0 heterocycles. The van der Waals surface area contributed by atoms with Gasteiger partial charge in [0.2, 0.25) is 0 Å². The molecule has 0 N–H and O–H groups in total. The van der Waals surface area contributed by atoms with E-state index < -0.39 is 0 Å². The van der Waals surface area contributed by atoms with Crippen LogP contribution in [-0.4, -0.2) is 53.4 Å². The molecule has 46 heavy (non-hydrogen) atoms. The second-order valence-electron chi connectivity index (χ2n) is 16.2. The van der Waals surface area contributed by atoms with Gasteiger partial charge in [-0.25, -0.2) is 0 Å². The summed E-state index contributed by atoms with van der Waals surface area (Å²) >= 11 is 0. The third kappa shape index (κ3) is 17.5. The first-order valence-electron chi connectivity index (χ1n) is 20.8. The number of rotatable bonds is 20. The van der Waals surface area contributed by atoms with Gasteiger partial charge in [0.15, 0.2) is 0 Å². The molecule has 4 nitrogen and oxygen atoms in total. The van der Waals surface area contributed by atoms with Crippen LogP contribution in [-0.2, 0) is 18.9 Å². The standard InChI is InChI=1S/C22H42O2.C20H38O2/c1-3-5-19-6-8-20(9-7-19)10-11-21-12-14-22(15-13-21)18-24-17-16-23-4-2;1-3-17-4-6-18(7-5-17)8-9-19-10-12-20(13-11-19)16-22-15-14-21-2/h19-22H,3-18H2,1-2H3;17-20H,3-16H2,1-2H3. The van der Waals surface area contributed by atoms with E-state index in [9.17, 15) is 0 Å². The number of hydrogen-bond acceptors (Lipinski definition) is 4. The number of hydrogen-bond donors (Lipinski definition) is 0. The topological polar surface area (TPSA) is 36.9 Å². The average Bonchev–Trinajstić information content (AvgIpc) is 3.10. The lowest BCUT2D eigenvalue weighted by Gasteiger charge is -2.32. The molecule has 0 amide bonds. The quantitative estimate of drug-likeness (QED) is 0.123. The van der Waals surface area contributed by atoms with E-state index in [2.05, 4.69) is 13.8 Å². The van der Waals surface area contributed by atoms with Crippen LogP contribution < -0.4 is 0 Å². The highest BCUT2D eigenvalue weighted by molar-refractivity contribution is 4.78. The molecule has 4 rings (SSSR count). The lowest BCUT2D eigenvalue weighted by atomic mass is 9.75. The Bertz CT molecular complexity index is 667. The van der Waals surface area contributed by atoms with E-state index in [0.29, 0.717) is 0 Å². The Morgan fingerprint density at radius 1 is 0.370 bits per heavy atom. The minimum atomic E-state index is 0.732. The van der Waals surface area contributed by atoms with Gasteiger partial charge < -0.3 is 18.9 Å². The van der Waals surface area contributed by atoms with Crippen molar-refractivity contribution >= 4 is 0 Å². The normalized spacial score (nSPS) is 32.1. The summed E-state index contributed by atoms with van der Waals surface area (Å²) in [5.74, 6) is 7.86. The van der Waals surface area contributed by atoms with Gasteiger partial charge >= 0.3 is 0 Å². The molecule has 0 bridgehead atoms. The summed E-state index contributed by atoms with van der Waals surface area (Å²) in [6.45, 7) is 12.5. The van der Waals surface area contributed by atoms with Gasteiger partial charge in [0, 0.05) is 26.9 Å². The molecule has 0 aromatic heterocycles. The van der Waals surface area contributed by atoms with Gasteiger partial charge in [-0.15, -0.1) is 0 Å². The number of ether oxygens (including phenoxy) is 4. The lowest BCUT2D eigenvalue weighted by molar-refractivity contribution is 0.0278. The smallest absolute Gasteiger partial charge is 0.0700 e. The second-order valence-corrected chi connectivity index (χ2v) is 16.2. The van der Waals surface area contributed by atoms with Crippen LogP contribution in [0.25, 0.3) is 0 Å². The van der Waals surface area contributed by atoms with Crippen molar-refractivity contribution in [1.29, 1.82) is 0 Å². The maximum Gasteiger partial charge on any atom is 0.0700 e. The summed E-state index contributed by atoms with van der Waals surface area (Å²) in [6.07, 6.45) is 33.8. The fourth-order valence-corrected chi connectivity index (χ4v) is 9.37. The Kier molecular flexibility index (Phi) is 22.6.